The number of para-hydroxylation sites is 1. The summed E-state index contributed by atoms with van der Waals surface area (Å²) in [4.78, 5) is 0. The van der Waals surface area contributed by atoms with Gasteiger partial charge in [-0.3, -0.25) is 0 Å². The first-order chi connectivity index (χ1) is 5.74. The minimum atomic E-state index is -1.29. The van der Waals surface area contributed by atoms with E-state index in [9.17, 15) is 9.50 Å². The quantitative estimate of drug-likeness (QED) is 0.717. The van der Waals surface area contributed by atoms with Crippen molar-refractivity contribution in [3.63, 3.8) is 0 Å². The van der Waals surface area contributed by atoms with Gasteiger partial charge in [0.1, 0.15) is 11.9 Å². The van der Waals surface area contributed by atoms with Gasteiger partial charge in [-0.1, -0.05) is 18.2 Å². The Morgan fingerprint density at radius 1 is 1.33 bits per heavy atom. The van der Waals surface area contributed by atoms with E-state index < -0.39 is 12.8 Å². The average molecular weight is 170 g/mol. The second-order valence-electron chi connectivity index (χ2n) is 2.61. The first-order valence-electron chi connectivity index (χ1n) is 3.76. The third-order valence-corrected chi connectivity index (χ3v) is 1.63. The maximum absolute atomic E-state index is 12.6. The first kappa shape index (κ1) is 9.00. The third kappa shape index (κ3) is 2.20. The normalized spacial score (nSPS) is 12.8. The summed E-state index contributed by atoms with van der Waals surface area (Å²) in [6.07, 6.45) is -1.23. The lowest BCUT2D eigenvalue weighted by Gasteiger charge is -2.05. The zero-order chi connectivity index (χ0) is 8.97. The van der Waals surface area contributed by atoms with E-state index in [0.29, 0.717) is 5.56 Å². The molecular weight excluding hydrogens is 159 g/mol. The van der Waals surface area contributed by atoms with Crippen LogP contribution in [0.2, 0.25) is 0 Å². The highest BCUT2D eigenvalue weighted by atomic mass is 19.1. The molecule has 0 bridgehead atoms. The summed E-state index contributed by atoms with van der Waals surface area (Å²) in [5.74, 6) is 0.0774. The molecule has 1 atom stereocenters. The zero-order valence-electron chi connectivity index (χ0n) is 6.57. The molecule has 1 aromatic carbocycles. The van der Waals surface area contributed by atoms with E-state index in [-0.39, 0.29) is 12.2 Å². The zero-order valence-corrected chi connectivity index (χ0v) is 6.57. The van der Waals surface area contributed by atoms with Gasteiger partial charge >= 0.3 is 0 Å². The summed E-state index contributed by atoms with van der Waals surface area (Å²) in [6.45, 7) is -0.506. The Balaban J connectivity index is 2.69. The average Bonchev–Trinajstić information content (AvgIpc) is 2.09. The van der Waals surface area contributed by atoms with Crippen LogP contribution in [0.4, 0.5) is 4.39 Å². The number of halogens is 1. The highest BCUT2D eigenvalue weighted by molar-refractivity contribution is 5.32. The summed E-state index contributed by atoms with van der Waals surface area (Å²) in [6, 6.07) is 6.53. The van der Waals surface area contributed by atoms with Gasteiger partial charge in [-0.15, -0.1) is 0 Å². The molecule has 0 aliphatic heterocycles. The van der Waals surface area contributed by atoms with Crippen molar-refractivity contribution in [3.05, 3.63) is 29.8 Å². The molecule has 0 radical (unpaired) electrons. The van der Waals surface area contributed by atoms with Gasteiger partial charge in [-0.25, -0.2) is 4.39 Å². The number of hydrogen-bond acceptors (Lipinski definition) is 2. The number of rotatable bonds is 3. The van der Waals surface area contributed by atoms with Crippen molar-refractivity contribution < 1.29 is 14.6 Å². The maximum Gasteiger partial charge on any atom is 0.127 e. The molecule has 0 spiro atoms. The van der Waals surface area contributed by atoms with E-state index in [2.05, 4.69) is 0 Å². The third-order valence-electron chi connectivity index (χ3n) is 1.63. The Morgan fingerprint density at radius 2 is 2.00 bits per heavy atom. The highest BCUT2D eigenvalue weighted by Gasteiger charge is 2.08. The van der Waals surface area contributed by atoms with Gasteiger partial charge in [-0.05, 0) is 11.6 Å². The fourth-order valence-electron chi connectivity index (χ4n) is 0.987. The van der Waals surface area contributed by atoms with Gasteiger partial charge in [0.25, 0.3) is 0 Å². The van der Waals surface area contributed by atoms with Crippen LogP contribution in [0.1, 0.15) is 5.56 Å². The lowest BCUT2D eigenvalue weighted by molar-refractivity contribution is 0.177. The Hall–Kier alpha value is -1.09. The Bertz CT molecular complexity index is 250. The Labute approximate surface area is 70.3 Å². The van der Waals surface area contributed by atoms with Crippen LogP contribution in [0, 0.1) is 0 Å². The van der Waals surface area contributed by atoms with Crippen molar-refractivity contribution >= 4 is 0 Å². The van der Waals surface area contributed by atoms with Gasteiger partial charge in [-0.2, -0.15) is 0 Å². The van der Waals surface area contributed by atoms with Gasteiger partial charge in [0.05, 0.1) is 6.61 Å². The molecular formula is C9H11FO2. The summed E-state index contributed by atoms with van der Waals surface area (Å²) in [7, 11) is 0. The van der Waals surface area contributed by atoms with Crippen molar-refractivity contribution in [3.8, 4) is 5.75 Å². The van der Waals surface area contributed by atoms with E-state index >= 15 is 0 Å². The van der Waals surface area contributed by atoms with Gasteiger partial charge in [0.2, 0.25) is 0 Å². The number of hydrogen-bond donors (Lipinski definition) is 2. The maximum atomic E-state index is 12.6. The number of benzene rings is 1. The number of aliphatic hydroxyl groups is 1. The summed E-state index contributed by atoms with van der Waals surface area (Å²) < 4.78 is 12.6. The fourth-order valence-corrected chi connectivity index (χ4v) is 0.987. The first-order valence-corrected chi connectivity index (χ1v) is 3.76. The van der Waals surface area contributed by atoms with E-state index in [1.165, 1.54) is 6.07 Å². The van der Waals surface area contributed by atoms with E-state index in [4.69, 9.17) is 5.11 Å². The van der Waals surface area contributed by atoms with Crippen LogP contribution in [0.25, 0.3) is 0 Å². The SMILES string of the molecule is OCC(F)Cc1ccccc1O. The predicted octanol–water partition coefficient (Wildman–Crippen LogP) is 1.27. The number of phenols is 1. The minimum absolute atomic E-state index is 0.0587. The van der Waals surface area contributed by atoms with E-state index in [1.54, 1.807) is 18.2 Å². The molecule has 0 saturated heterocycles. The molecule has 1 unspecified atom stereocenters. The number of phenolic OH excluding ortho intramolecular Hbond substituents is 1. The minimum Gasteiger partial charge on any atom is -0.508 e. The molecule has 0 fully saturated rings. The summed E-state index contributed by atoms with van der Waals surface area (Å²) >= 11 is 0. The molecule has 0 aliphatic carbocycles. The number of alkyl halides is 1. The Kier molecular flexibility index (Phi) is 3.05. The molecule has 66 valence electrons. The van der Waals surface area contributed by atoms with Crippen LogP contribution in [0.5, 0.6) is 5.75 Å². The summed E-state index contributed by atoms with van der Waals surface area (Å²) in [5, 5.41) is 17.6. The standard InChI is InChI=1S/C9H11FO2/c10-8(6-11)5-7-3-1-2-4-9(7)12/h1-4,8,11-12H,5-6H2. The van der Waals surface area contributed by atoms with Gasteiger partial charge in [0.15, 0.2) is 0 Å². The van der Waals surface area contributed by atoms with Crippen LogP contribution in [0.3, 0.4) is 0 Å². The van der Waals surface area contributed by atoms with Gasteiger partial charge < -0.3 is 10.2 Å². The molecule has 0 aromatic heterocycles. The molecule has 2 N–H and O–H groups in total. The lowest BCUT2D eigenvalue weighted by Crippen LogP contribution is -2.09. The van der Waals surface area contributed by atoms with E-state index in [1.807, 2.05) is 0 Å². The molecule has 0 amide bonds. The fraction of sp³-hybridized carbons (Fsp3) is 0.333. The predicted molar refractivity (Wildman–Crippen MR) is 43.8 cm³/mol. The molecule has 3 heteroatoms. The molecule has 1 aromatic rings. The molecule has 1 rings (SSSR count). The summed E-state index contributed by atoms with van der Waals surface area (Å²) in [5.41, 5.74) is 0.527. The molecule has 0 heterocycles. The van der Waals surface area contributed by atoms with Crippen LogP contribution >= 0.6 is 0 Å². The van der Waals surface area contributed by atoms with Crippen LogP contribution in [0.15, 0.2) is 24.3 Å². The van der Waals surface area contributed by atoms with Crippen molar-refractivity contribution in [2.24, 2.45) is 0 Å². The van der Waals surface area contributed by atoms with Crippen molar-refractivity contribution in [2.75, 3.05) is 6.61 Å². The van der Waals surface area contributed by atoms with Crippen LogP contribution in [-0.4, -0.2) is 23.0 Å². The highest BCUT2D eigenvalue weighted by Crippen LogP contribution is 2.17. The lowest BCUT2D eigenvalue weighted by atomic mass is 10.1. The topological polar surface area (TPSA) is 40.5 Å². The number of aliphatic hydroxyl groups excluding tert-OH is 1. The smallest absolute Gasteiger partial charge is 0.127 e. The van der Waals surface area contributed by atoms with Crippen LogP contribution in [-0.2, 0) is 6.42 Å². The van der Waals surface area contributed by atoms with Crippen molar-refractivity contribution in [2.45, 2.75) is 12.6 Å². The molecule has 12 heavy (non-hydrogen) atoms. The Morgan fingerprint density at radius 3 is 2.58 bits per heavy atom. The molecule has 2 nitrogen and oxygen atoms in total. The van der Waals surface area contributed by atoms with E-state index in [0.717, 1.165) is 0 Å². The monoisotopic (exact) mass is 170 g/mol. The van der Waals surface area contributed by atoms with Crippen LogP contribution < -0.4 is 0 Å². The second kappa shape index (κ2) is 4.07. The molecule has 0 saturated carbocycles. The second-order valence-corrected chi connectivity index (χ2v) is 2.61. The van der Waals surface area contributed by atoms with Crippen molar-refractivity contribution in [1.82, 2.24) is 0 Å². The molecule has 0 aliphatic rings. The number of aromatic hydroxyl groups is 1. The largest absolute Gasteiger partial charge is 0.508 e. The van der Waals surface area contributed by atoms with Gasteiger partial charge in [0, 0.05) is 6.42 Å². The van der Waals surface area contributed by atoms with Crippen molar-refractivity contribution in [1.29, 1.82) is 0 Å².